The maximum atomic E-state index is 12.5. The molecule has 0 spiro atoms. The zero-order valence-electron chi connectivity index (χ0n) is 25.4. The van der Waals surface area contributed by atoms with E-state index in [1.165, 1.54) is 16.8 Å². The minimum absolute atomic E-state index is 0.0109. The molecule has 0 saturated carbocycles. The van der Waals surface area contributed by atoms with Gasteiger partial charge < -0.3 is 16.0 Å². The summed E-state index contributed by atoms with van der Waals surface area (Å²) in [6.45, 7) is 14.4. The number of rotatable bonds is 8. The fourth-order valence-corrected chi connectivity index (χ4v) is 4.18. The third kappa shape index (κ3) is 9.57. The maximum absolute atomic E-state index is 12.5. The van der Waals surface area contributed by atoms with Crippen LogP contribution in [0.25, 0.3) is 6.08 Å². The third-order valence-corrected chi connectivity index (χ3v) is 6.42. The van der Waals surface area contributed by atoms with Gasteiger partial charge in [-0.1, -0.05) is 49.8 Å². The Kier molecular flexibility index (Phi) is 11.2. The molecule has 3 N–H and O–H groups in total. The number of benzene rings is 2. The van der Waals surface area contributed by atoms with Crippen molar-refractivity contribution in [3.8, 4) is 0 Å². The SMILES string of the molecule is CNc1ccc(C)cc1C.Cc1cncc(C(=O)Nc2cccc(C(C)Nc3cnc(/C=C\C(C)C)c(C)n3)c2)c1. The van der Waals surface area contributed by atoms with Gasteiger partial charge in [0.15, 0.2) is 0 Å². The highest BCUT2D eigenvalue weighted by atomic mass is 16.1. The number of carbonyl (C=O) groups excluding carboxylic acids is 1. The van der Waals surface area contributed by atoms with Gasteiger partial charge in [-0.25, -0.2) is 4.98 Å². The number of hydrogen-bond donors (Lipinski definition) is 3. The van der Waals surface area contributed by atoms with E-state index in [-0.39, 0.29) is 11.9 Å². The molecular formula is C34H42N6O. The average Bonchev–Trinajstić information content (AvgIpc) is 2.93. The van der Waals surface area contributed by atoms with Crippen molar-refractivity contribution >= 4 is 29.2 Å². The van der Waals surface area contributed by atoms with Crippen LogP contribution in [0.5, 0.6) is 0 Å². The summed E-state index contributed by atoms with van der Waals surface area (Å²) in [4.78, 5) is 25.8. The van der Waals surface area contributed by atoms with Gasteiger partial charge >= 0.3 is 0 Å². The van der Waals surface area contributed by atoms with Crippen molar-refractivity contribution in [3.05, 3.63) is 112 Å². The minimum Gasteiger partial charge on any atom is -0.388 e. The van der Waals surface area contributed by atoms with E-state index in [9.17, 15) is 4.79 Å². The van der Waals surface area contributed by atoms with Gasteiger partial charge in [0.1, 0.15) is 5.82 Å². The maximum Gasteiger partial charge on any atom is 0.257 e. The number of anilines is 3. The molecule has 4 rings (SSSR count). The Morgan fingerprint density at radius 2 is 1.68 bits per heavy atom. The normalized spacial score (nSPS) is 11.5. The van der Waals surface area contributed by atoms with Crippen molar-refractivity contribution in [2.45, 2.75) is 54.5 Å². The highest BCUT2D eigenvalue weighted by molar-refractivity contribution is 6.04. The summed E-state index contributed by atoms with van der Waals surface area (Å²) in [6.07, 6.45) is 9.16. The van der Waals surface area contributed by atoms with Crippen molar-refractivity contribution in [1.29, 1.82) is 0 Å². The van der Waals surface area contributed by atoms with Gasteiger partial charge in [0.2, 0.25) is 0 Å². The first-order valence-electron chi connectivity index (χ1n) is 13.9. The Balaban J connectivity index is 0.000000389. The molecule has 2 heterocycles. The first-order valence-corrected chi connectivity index (χ1v) is 13.9. The number of carbonyl (C=O) groups is 1. The largest absolute Gasteiger partial charge is 0.388 e. The molecule has 7 nitrogen and oxygen atoms in total. The zero-order valence-corrected chi connectivity index (χ0v) is 25.4. The lowest BCUT2D eigenvalue weighted by molar-refractivity contribution is 0.102. The van der Waals surface area contributed by atoms with Crippen molar-refractivity contribution in [2.75, 3.05) is 23.0 Å². The molecule has 1 atom stereocenters. The number of aromatic nitrogens is 3. The first-order chi connectivity index (χ1) is 19.5. The molecule has 1 amide bonds. The molecule has 0 saturated heterocycles. The van der Waals surface area contributed by atoms with E-state index in [0.717, 1.165) is 28.2 Å². The molecule has 214 valence electrons. The van der Waals surface area contributed by atoms with E-state index >= 15 is 0 Å². The van der Waals surface area contributed by atoms with E-state index in [1.54, 1.807) is 18.6 Å². The summed E-state index contributed by atoms with van der Waals surface area (Å²) >= 11 is 0. The molecule has 0 bridgehead atoms. The number of aryl methyl sites for hydroxylation is 4. The van der Waals surface area contributed by atoms with Crippen molar-refractivity contribution in [1.82, 2.24) is 15.0 Å². The Morgan fingerprint density at radius 1 is 0.902 bits per heavy atom. The van der Waals surface area contributed by atoms with E-state index in [0.29, 0.717) is 17.3 Å². The monoisotopic (exact) mass is 550 g/mol. The minimum atomic E-state index is -0.180. The number of allylic oxidation sites excluding steroid dienone is 1. The fourth-order valence-electron chi connectivity index (χ4n) is 4.18. The van der Waals surface area contributed by atoms with Crippen LogP contribution in [0.4, 0.5) is 17.2 Å². The van der Waals surface area contributed by atoms with Crippen molar-refractivity contribution in [3.63, 3.8) is 0 Å². The molecule has 1 unspecified atom stereocenters. The Labute approximate surface area is 244 Å². The van der Waals surface area contributed by atoms with Crippen LogP contribution >= 0.6 is 0 Å². The van der Waals surface area contributed by atoms with Gasteiger partial charge in [0.25, 0.3) is 5.91 Å². The molecule has 2 aromatic heterocycles. The van der Waals surface area contributed by atoms with Gasteiger partial charge in [0.05, 0.1) is 29.2 Å². The molecule has 0 aliphatic heterocycles. The number of nitrogens with zero attached hydrogens (tertiary/aromatic N) is 3. The molecule has 41 heavy (non-hydrogen) atoms. The van der Waals surface area contributed by atoms with Crippen LogP contribution in [0, 0.1) is 33.6 Å². The lowest BCUT2D eigenvalue weighted by Crippen LogP contribution is -2.13. The summed E-state index contributed by atoms with van der Waals surface area (Å²) in [7, 11) is 1.94. The van der Waals surface area contributed by atoms with Gasteiger partial charge in [-0.05, 0) is 87.6 Å². The number of amides is 1. The van der Waals surface area contributed by atoms with E-state index in [1.807, 2.05) is 57.3 Å². The predicted molar refractivity (Wildman–Crippen MR) is 172 cm³/mol. The van der Waals surface area contributed by atoms with Gasteiger partial charge in [0, 0.05) is 30.8 Å². The average molecular weight is 551 g/mol. The van der Waals surface area contributed by atoms with Gasteiger partial charge in [-0.2, -0.15) is 0 Å². The summed E-state index contributed by atoms with van der Waals surface area (Å²) in [5.74, 6) is 1.00. The van der Waals surface area contributed by atoms with Crippen LogP contribution in [-0.4, -0.2) is 27.9 Å². The lowest BCUT2D eigenvalue weighted by Gasteiger charge is -2.17. The molecule has 0 aliphatic rings. The Hall–Kier alpha value is -4.52. The number of nitrogens with one attached hydrogen (secondary N) is 3. The van der Waals surface area contributed by atoms with Crippen molar-refractivity contribution in [2.24, 2.45) is 5.92 Å². The van der Waals surface area contributed by atoms with E-state index < -0.39 is 0 Å². The Bertz CT molecular complexity index is 1490. The van der Waals surface area contributed by atoms with Crippen LogP contribution in [-0.2, 0) is 0 Å². The van der Waals surface area contributed by atoms with Gasteiger partial charge in [-0.15, -0.1) is 0 Å². The van der Waals surface area contributed by atoms with E-state index in [4.69, 9.17) is 0 Å². The smallest absolute Gasteiger partial charge is 0.257 e. The summed E-state index contributed by atoms with van der Waals surface area (Å²) in [5.41, 5.74) is 8.83. The summed E-state index contributed by atoms with van der Waals surface area (Å²) in [6, 6.07) is 16.0. The van der Waals surface area contributed by atoms with Crippen LogP contribution in [0.15, 0.2) is 73.2 Å². The molecular weight excluding hydrogens is 508 g/mol. The predicted octanol–water partition coefficient (Wildman–Crippen LogP) is 7.93. The second kappa shape index (κ2) is 14.7. The lowest BCUT2D eigenvalue weighted by atomic mass is 10.1. The molecule has 2 aromatic carbocycles. The van der Waals surface area contributed by atoms with Crippen LogP contribution in [0.2, 0.25) is 0 Å². The standard InChI is InChI=1S/C25H29N5O.C9H13N/c1-16(2)9-10-23-19(5)29-24(15-27-23)28-18(4)20-7-6-8-22(12-20)30-25(31)21-11-17(3)13-26-14-21;1-7-4-5-9(10-3)8(2)6-7/h6-16,18H,1-5H3,(H,28,29)(H,30,31);4-6,10H,1-3H3/b10-9-;. The highest BCUT2D eigenvalue weighted by Gasteiger charge is 2.11. The number of hydrogen-bond acceptors (Lipinski definition) is 6. The zero-order chi connectivity index (χ0) is 29.9. The molecule has 0 fully saturated rings. The van der Waals surface area contributed by atoms with Crippen LogP contribution in [0.1, 0.15) is 70.8 Å². The quantitative estimate of drug-likeness (QED) is 0.206. The fraction of sp³-hybridized carbons (Fsp3) is 0.294. The second-order valence-corrected chi connectivity index (χ2v) is 10.6. The molecule has 7 heteroatoms. The second-order valence-electron chi connectivity index (χ2n) is 10.6. The molecule has 0 radical (unpaired) electrons. The van der Waals surface area contributed by atoms with E-state index in [2.05, 4.69) is 89.8 Å². The van der Waals surface area contributed by atoms with Gasteiger partial charge in [-0.3, -0.25) is 14.8 Å². The first kappa shape index (κ1) is 31.0. The molecule has 4 aromatic rings. The van der Waals surface area contributed by atoms with Crippen molar-refractivity contribution < 1.29 is 4.79 Å². The third-order valence-electron chi connectivity index (χ3n) is 6.42. The van der Waals surface area contributed by atoms with Crippen LogP contribution < -0.4 is 16.0 Å². The summed E-state index contributed by atoms with van der Waals surface area (Å²) in [5, 5.41) is 9.45. The topological polar surface area (TPSA) is 91.8 Å². The summed E-state index contributed by atoms with van der Waals surface area (Å²) < 4.78 is 0. The Morgan fingerprint density at radius 3 is 2.34 bits per heavy atom. The molecule has 0 aliphatic carbocycles. The number of pyridine rings is 1. The van der Waals surface area contributed by atoms with Crippen LogP contribution in [0.3, 0.4) is 0 Å². The highest BCUT2D eigenvalue weighted by Crippen LogP contribution is 2.22.